The summed E-state index contributed by atoms with van der Waals surface area (Å²) in [6.45, 7) is 1.90. The monoisotopic (exact) mass is 354 g/mol. The fourth-order valence-corrected chi connectivity index (χ4v) is 3.99. The highest BCUT2D eigenvalue weighted by Gasteiger charge is 2.43. The molecule has 2 amide bonds. The van der Waals surface area contributed by atoms with Gasteiger partial charge in [0.2, 0.25) is 0 Å². The Kier molecular flexibility index (Phi) is 4.14. The second kappa shape index (κ2) is 6.48. The number of urea groups is 1. The molecule has 4 rings (SSSR count). The summed E-state index contributed by atoms with van der Waals surface area (Å²) in [5.74, 6) is 2.00. The zero-order valence-electron chi connectivity index (χ0n) is 15.2. The van der Waals surface area contributed by atoms with Crippen LogP contribution in [0.25, 0.3) is 0 Å². The lowest BCUT2D eigenvalue weighted by Crippen LogP contribution is -2.44. The van der Waals surface area contributed by atoms with E-state index in [2.05, 4.69) is 15.3 Å². The number of carbonyl (C=O) groups excluding carboxylic acids is 1. The van der Waals surface area contributed by atoms with Gasteiger partial charge in [0, 0.05) is 36.0 Å². The van der Waals surface area contributed by atoms with Crippen molar-refractivity contribution in [3.05, 3.63) is 41.5 Å². The number of amides is 2. The Hall–Kier alpha value is -2.83. The zero-order chi connectivity index (χ0) is 18.3. The van der Waals surface area contributed by atoms with Gasteiger partial charge in [0.1, 0.15) is 5.82 Å². The minimum atomic E-state index is -0.101. The number of hydrogen-bond acceptors (Lipinski definition) is 5. The van der Waals surface area contributed by atoms with Crippen LogP contribution >= 0.6 is 0 Å². The van der Waals surface area contributed by atoms with E-state index in [4.69, 9.17) is 9.47 Å². The Morgan fingerprint density at radius 3 is 2.81 bits per heavy atom. The van der Waals surface area contributed by atoms with E-state index in [9.17, 15) is 4.79 Å². The number of methoxy groups -OCH3 is 2. The molecular weight excluding hydrogens is 332 g/mol. The van der Waals surface area contributed by atoms with Crippen LogP contribution in [0.5, 0.6) is 11.5 Å². The van der Waals surface area contributed by atoms with Crippen molar-refractivity contribution in [3.63, 3.8) is 0 Å². The summed E-state index contributed by atoms with van der Waals surface area (Å²) in [4.78, 5) is 23.8. The van der Waals surface area contributed by atoms with E-state index in [-0.39, 0.29) is 18.1 Å². The molecule has 0 saturated carbocycles. The summed E-state index contributed by atoms with van der Waals surface area (Å²) in [5, 5.41) is 2.99. The molecule has 1 saturated heterocycles. The molecular formula is C19H22N4O3. The molecule has 0 radical (unpaired) electrons. The van der Waals surface area contributed by atoms with Gasteiger partial charge in [-0.3, -0.25) is 0 Å². The van der Waals surface area contributed by atoms with Crippen LogP contribution in [0.1, 0.15) is 36.0 Å². The summed E-state index contributed by atoms with van der Waals surface area (Å²) in [5.41, 5.74) is 2.84. The Labute approximate surface area is 152 Å². The third kappa shape index (κ3) is 2.73. The van der Waals surface area contributed by atoms with E-state index < -0.39 is 0 Å². The first-order valence-electron chi connectivity index (χ1n) is 8.74. The number of anilines is 1. The minimum absolute atomic E-state index is 0.0458. The zero-order valence-corrected chi connectivity index (χ0v) is 15.2. The van der Waals surface area contributed by atoms with Crippen LogP contribution in [0.15, 0.2) is 24.4 Å². The van der Waals surface area contributed by atoms with Gasteiger partial charge in [0.15, 0.2) is 11.5 Å². The summed E-state index contributed by atoms with van der Waals surface area (Å²) < 4.78 is 10.6. The number of carbonyl (C=O) groups is 1. The number of aromatic nitrogens is 2. The smallest absolute Gasteiger partial charge is 0.322 e. The van der Waals surface area contributed by atoms with E-state index in [0.717, 1.165) is 36.3 Å². The van der Waals surface area contributed by atoms with Crippen LogP contribution in [0.2, 0.25) is 0 Å². The molecule has 0 spiro atoms. The van der Waals surface area contributed by atoms with Crippen molar-refractivity contribution in [2.75, 3.05) is 19.5 Å². The highest BCUT2D eigenvalue weighted by Crippen LogP contribution is 2.43. The Bertz CT molecular complexity index is 855. The SMILES string of the molecule is COc1ccc(NC(=O)N2[C@H]3CC[C@@H]2c2cnc(C)nc2C3)cc1OC. The van der Waals surface area contributed by atoms with Gasteiger partial charge >= 0.3 is 6.03 Å². The Morgan fingerprint density at radius 2 is 2.04 bits per heavy atom. The highest BCUT2D eigenvalue weighted by atomic mass is 16.5. The fraction of sp³-hybridized carbons (Fsp3) is 0.421. The second-order valence-electron chi connectivity index (χ2n) is 6.68. The predicted octanol–water partition coefficient (Wildman–Crippen LogP) is 3.10. The number of fused-ring (bicyclic) bond motifs is 4. The quantitative estimate of drug-likeness (QED) is 0.916. The third-order valence-electron chi connectivity index (χ3n) is 5.18. The lowest BCUT2D eigenvalue weighted by molar-refractivity contribution is 0.178. The molecule has 2 atom stereocenters. The van der Waals surface area contributed by atoms with Gasteiger partial charge in [-0.25, -0.2) is 14.8 Å². The molecule has 2 aliphatic heterocycles. The maximum absolute atomic E-state index is 13.0. The van der Waals surface area contributed by atoms with Gasteiger partial charge in [-0.1, -0.05) is 0 Å². The summed E-state index contributed by atoms with van der Waals surface area (Å²) in [6.07, 6.45) is 4.60. The molecule has 0 unspecified atom stereocenters. The van der Waals surface area contributed by atoms with Gasteiger partial charge < -0.3 is 19.7 Å². The normalized spacial score (nSPS) is 20.5. The molecule has 1 aromatic carbocycles. The van der Waals surface area contributed by atoms with Crippen LogP contribution in [-0.2, 0) is 6.42 Å². The summed E-state index contributed by atoms with van der Waals surface area (Å²) in [6, 6.07) is 5.49. The molecule has 2 bridgehead atoms. The minimum Gasteiger partial charge on any atom is -0.493 e. The van der Waals surface area contributed by atoms with Gasteiger partial charge in [-0.15, -0.1) is 0 Å². The maximum Gasteiger partial charge on any atom is 0.322 e. The Morgan fingerprint density at radius 1 is 1.23 bits per heavy atom. The van der Waals surface area contributed by atoms with E-state index in [0.29, 0.717) is 17.2 Å². The topological polar surface area (TPSA) is 76.6 Å². The number of benzene rings is 1. The van der Waals surface area contributed by atoms with Crippen molar-refractivity contribution in [1.82, 2.24) is 14.9 Å². The van der Waals surface area contributed by atoms with Gasteiger partial charge in [-0.2, -0.15) is 0 Å². The average molecular weight is 354 g/mol. The predicted molar refractivity (Wildman–Crippen MR) is 96.6 cm³/mol. The molecule has 7 nitrogen and oxygen atoms in total. The molecule has 26 heavy (non-hydrogen) atoms. The lowest BCUT2D eigenvalue weighted by atomic mass is 9.99. The maximum atomic E-state index is 13.0. The second-order valence-corrected chi connectivity index (χ2v) is 6.68. The van der Waals surface area contributed by atoms with E-state index >= 15 is 0 Å². The molecule has 1 fully saturated rings. The number of aryl methyl sites for hydroxylation is 1. The number of nitrogens with one attached hydrogen (secondary N) is 1. The average Bonchev–Trinajstić information content (AvgIpc) is 2.96. The van der Waals surface area contributed by atoms with Crippen molar-refractivity contribution < 1.29 is 14.3 Å². The van der Waals surface area contributed by atoms with Gasteiger partial charge in [0.05, 0.1) is 26.0 Å². The number of nitrogens with zero attached hydrogens (tertiary/aromatic N) is 3. The lowest BCUT2D eigenvalue weighted by Gasteiger charge is -2.35. The van der Waals surface area contributed by atoms with Crippen molar-refractivity contribution in [2.45, 2.75) is 38.3 Å². The number of ether oxygens (including phenoxy) is 2. The molecule has 0 aliphatic carbocycles. The highest BCUT2D eigenvalue weighted by molar-refractivity contribution is 5.90. The number of hydrogen-bond donors (Lipinski definition) is 1. The van der Waals surface area contributed by atoms with Crippen molar-refractivity contribution >= 4 is 11.7 Å². The third-order valence-corrected chi connectivity index (χ3v) is 5.18. The van der Waals surface area contributed by atoms with Crippen LogP contribution in [0, 0.1) is 6.92 Å². The largest absolute Gasteiger partial charge is 0.493 e. The molecule has 2 aliphatic rings. The number of rotatable bonds is 3. The van der Waals surface area contributed by atoms with Crippen LogP contribution in [-0.4, -0.2) is 41.2 Å². The molecule has 136 valence electrons. The van der Waals surface area contributed by atoms with E-state index in [1.54, 1.807) is 26.4 Å². The van der Waals surface area contributed by atoms with E-state index in [1.165, 1.54) is 0 Å². The summed E-state index contributed by atoms with van der Waals surface area (Å²) in [7, 11) is 3.16. The first kappa shape index (κ1) is 16.6. The first-order chi connectivity index (χ1) is 12.6. The van der Waals surface area contributed by atoms with Crippen LogP contribution < -0.4 is 14.8 Å². The summed E-state index contributed by atoms with van der Waals surface area (Å²) >= 11 is 0. The standard InChI is InChI=1S/C19H22N4O3/c1-11-20-10-14-15(21-11)9-13-5-6-16(14)23(13)19(24)22-12-4-7-17(25-2)18(8-12)26-3/h4,7-8,10,13,16H,5-6,9H2,1-3H3,(H,22,24)/t13-,16+/m0/s1. The Balaban J connectivity index is 1.57. The van der Waals surface area contributed by atoms with Crippen molar-refractivity contribution in [3.8, 4) is 11.5 Å². The fourth-order valence-electron chi connectivity index (χ4n) is 3.99. The van der Waals surface area contributed by atoms with Crippen molar-refractivity contribution in [1.29, 1.82) is 0 Å². The molecule has 1 N–H and O–H groups in total. The van der Waals surface area contributed by atoms with Crippen LogP contribution in [0.4, 0.5) is 10.5 Å². The molecule has 7 heteroatoms. The van der Waals surface area contributed by atoms with Gasteiger partial charge in [-0.05, 0) is 31.9 Å². The van der Waals surface area contributed by atoms with E-state index in [1.807, 2.05) is 24.1 Å². The molecule has 2 aromatic rings. The van der Waals surface area contributed by atoms with Crippen LogP contribution in [0.3, 0.4) is 0 Å². The molecule has 3 heterocycles. The van der Waals surface area contributed by atoms with Crippen molar-refractivity contribution in [2.24, 2.45) is 0 Å². The van der Waals surface area contributed by atoms with Gasteiger partial charge in [0.25, 0.3) is 0 Å². The molecule has 1 aromatic heterocycles. The first-order valence-corrected chi connectivity index (χ1v) is 8.74.